The summed E-state index contributed by atoms with van der Waals surface area (Å²) in [5.74, 6) is 0.108. The second-order valence-corrected chi connectivity index (χ2v) is 3.83. The Labute approximate surface area is 96.6 Å². The SMILES string of the molecule is CCOC(C)C(=O)Cc1cc(C)nn1CC. The Morgan fingerprint density at radius 2 is 2.25 bits per heavy atom. The van der Waals surface area contributed by atoms with Crippen LogP contribution in [0.5, 0.6) is 0 Å². The summed E-state index contributed by atoms with van der Waals surface area (Å²) < 4.78 is 7.14. The van der Waals surface area contributed by atoms with Crippen LogP contribution in [0.2, 0.25) is 0 Å². The molecular formula is C12H20N2O2. The maximum Gasteiger partial charge on any atom is 0.167 e. The van der Waals surface area contributed by atoms with E-state index in [2.05, 4.69) is 5.10 Å². The molecule has 0 radical (unpaired) electrons. The topological polar surface area (TPSA) is 44.1 Å². The number of carbonyl (C=O) groups excluding carboxylic acids is 1. The Balaban J connectivity index is 2.68. The standard InChI is InChI=1S/C12H20N2O2/c1-5-14-11(7-9(3)13-14)8-12(15)10(4)16-6-2/h7,10H,5-6,8H2,1-4H3. The summed E-state index contributed by atoms with van der Waals surface area (Å²) in [6.07, 6.45) is 0.0704. The molecule has 0 aliphatic heterocycles. The van der Waals surface area contributed by atoms with Gasteiger partial charge in [0.2, 0.25) is 0 Å². The third kappa shape index (κ3) is 3.17. The van der Waals surface area contributed by atoms with Gasteiger partial charge in [-0.15, -0.1) is 0 Å². The van der Waals surface area contributed by atoms with Crippen LogP contribution in [-0.2, 0) is 22.5 Å². The predicted octanol–water partition coefficient (Wildman–Crippen LogP) is 1.75. The first kappa shape index (κ1) is 12.9. The van der Waals surface area contributed by atoms with Crippen LogP contribution in [0.3, 0.4) is 0 Å². The van der Waals surface area contributed by atoms with Gasteiger partial charge >= 0.3 is 0 Å². The van der Waals surface area contributed by atoms with Crippen LogP contribution in [0.1, 0.15) is 32.2 Å². The van der Waals surface area contributed by atoms with Crippen molar-refractivity contribution in [1.82, 2.24) is 9.78 Å². The third-order valence-corrected chi connectivity index (χ3v) is 2.51. The van der Waals surface area contributed by atoms with Gasteiger partial charge in [-0.2, -0.15) is 5.10 Å². The van der Waals surface area contributed by atoms with Crippen molar-refractivity contribution in [3.05, 3.63) is 17.5 Å². The quantitative estimate of drug-likeness (QED) is 0.739. The zero-order valence-electron chi connectivity index (χ0n) is 10.5. The van der Waals surface area contributed by atoms with Crippen molar-refractivity contribution in [3.63, 3.8) is 0 Å². The van der Waals surface area contributed by atoms with Gasteiger partial charge in [-0.3, -0.25) is 9.48 Å². The molecule has 0 N–H and O–H groups in total. The molecule has 0 saturated heterocycles. The third-order valence-electron chi connectivity index (χ3n) is 2.51. The van der Waals surface area contributed by atoms with Gasteiger partial charge < -0.3 is 4.74 Å². The van der Waals surface area contributed by atoms with E-state index in [0.717, 1.165) is 17.9 Å². The molecule has 0 saturated carbocycles. The fourth-order valence-electron chi connectivity index (χ4n) is 1.68. The number of hydrogen-bond acceptors (Lipinski definition) is 3. The summed E-state index contributed by atoms with van der Waals surface area (Å²) in [6, 6.07) is 1.96. The van der Waals surface area contributed by atoms with Crippen LogP contribution in [-0.4, -0.2) is 28.3 Å². The molecule has 0 bridgehead atoms. The summed E-state index contributed by atoms with van der Waals surface area (Å²) in [5.41, 5.74) is 1.92. The molecule has 0 fully saturated rings. The van der Waals surface area contributed by atoms with Crippen LogP contribution < -0.4 is 0 Å². The average Bonchev–Trinajstić information content (AvgIpc) is 2.59. The summed E-state index contributed by atoms with van der Waals surface area (Å²) >= 11 is 0. The van der Waals surface area contributed by atoms with Crippen LogP contribution in [0.4, 0.5) is 0 Å². The Hall–Kier alpha value is -1.16. The number of carbonyl (C=O) groups is 1. The van der Waals surface area contributed by atoms with Gasteiger partial charge in [0.15, 0.2) is 5.78 Å². The van der Waals surface area contributed by atoms with Crippen LogP contribution >= 0.6 is 0 Å². The van der Waals surface area contributed by atoms with E-state index in [9.17, 15) is 4.79 Å². The van der Waals surface area contributed by atoms with E-state index in [1.165, 1.54) is 0 Å². The van der Waals surface area contributed by atoms with Gasteiger partial charge in [0.05, 0.1) is 12.1 Å². The van der Waals surface area contributed by atoms with E-state index in [0.29, 0.717) is 13.0 Å². The predicted molar refractivity (Wildman–Crippen MR) is 62.4 cm³/mol. The van der Waals surface area contributed by atoms with Crippen LogP contribution in [0.25, 0.3) is 0 Å². The smallest absolute Gasteiger partial charge is 0.167 e. The Kier molecular flexibility index (Phi) is 4.68. The summed E-state index contributed by atoms with van der Waals surface area (Å²) in [5, 5.41) is 4.31. The molecule has 16 heavy (non-hydrogen) atoms. The van der Waals surface area contributed by atoms with E-state index >= 15 is 0 Å². The van der Waals surface area contributed by atoms with Gasteiger partial charge in [-0.05, 0) is 33.8 Å². The fraction of sp³-hybridized carbons (Fsp3) is 0.667. The Morgan fingerprint density at radius 1 is 1.56 bits per heavy atom. The van der Waals surface area contributed by atoms with Gasteiger partial charge in [-0.25, -0.2) is 0 Å². The molecule has 4 heteroatoms. The van der Waals surface area contributed by atoms with E-state index in [1.807, 2.05) is 31.5 Å². The van der Waals surface area contributed by atoms with Gasteiger partial charge in [-0.1, -0.05) is 0 Å². The first-order valence-electron chi connectivity index (χ1n) is 5.76. The minimum absolute atomic E-state index is 0.108. The molecule has 1 aromatic rings. The lowest BCUT2D eigenvalue weighted by molar-refractivity contribution is -0.128. The Bertz CT molecular complexity index is 358. The van der Waals surface area contributed by atoms with E-state index in [1.54, 1.807) is 6.92 Å². The zero-order chi connectivity index (χ0) is 12.1. The highest BCUT2D eigenvalue weighted by Gasteiger charge is 2.15. The fourth-order valence-corrected chi connectivity index (χ4v) is 1.68. The van der Waals surface area contributed by atoms with E-state index < -0.39 is 0 Å². The Morgan fingerprint density at radius 3 is 2.81 bits per heavy atom. The molecule has 0 amide bonds. The highest BCUT2D eigenvalue weighted by molar-refractivity contribution is 5.84. The molecule has 90 valence electrons. The number of ether oxygens (including phenoxy) is 1. The van der Waals surface area contributed by atoms with Crippen molar-refractivity contribution in [1.29, 1.82) is 0 Å². The van der Waals surface area contributed by atoms with Gasteiger partial charge in [0.25, 0.3) is 0 Å². The van der Waals surface area contributed by atoms with Crippen molar-refractivity contribution < 1.29 is 9.53 Å². The van der Waals surface area contributed by atoms with Crippen molar-refractivity contribution in [3.8, 4) is 0 Å². The number of nitrogens with zero attached hydrogens (tertiary/aromatic N) is 2. The minimum atomic E-state index is -0.328. The molecule has 1 aromatic heterocycles. The lowest BCUT2D eigenvalue weighted by atomic mass is 10.1. The lowest BCUT2D eigenvalue weighted by Crippen LogP contribution is -2.23. The van der Waals surface area contributed by atoms with Gasteiger partial charge in [0, 0.05) is 18.8 Å². The number of ketones is 1. The maximum absolute atomic E-state index is 11.8. The monoisotopic (exact) mass is 224 g/mol. The molecule has 0 spiro atoms. The number of hydrogen-bond donors (Lipinski definition) is 0. The van der Waals surface area contributed by atoms with Crippen molar-refractivity contribution >= 4 is 5.78 Å². The molecule has 0 aliphatic rings. The lowest BCUT2D eigenvalue weighted by Gasteiger charge is -2.10. The molecular weight excluding hydrogens is 204 g/mol. The van der Waals surface area contributed by atoms with Crippen molar-refractivity contribution in [2.75, 3.05) is 6.61 Å². The van der Waals surface area contributed by atoms with E-state index in [4.69, 9.17) is 4.74 Å². The maximum atomic E-state index is 11.8. The number of rotatable bonds is 6. The van der Waals surface area contributed by atoms with Crippen molar-refractivity contribution in [2.45, 2.75) is 46.8 Å². The molecule has 0 aromatic carbocycles. The highest BCUT2D eigenvalue weighted by Crippen LogP contribution is 2.07. The first-order valence-corrected chi connectivity index (χ1v) is 5.76. The second-order valence-electron chi connectivity index (χ2n) is 3.83. The average molecular weight is 224 g/mol. The highest BCUT2D eigenvalue weighted by atomic mass is 16.5. The molecule has 4 nitrogen and oxygen atoms in total. The first-order chi connectivity index (χ1) is 7.58. The molecule has 1 unspecified atom stereocenters. The van der Waals surface area contributed by atoms with Crippen LogP contribution in [0.15, 0.2) is 6.07 Å². The van der Waals surface area contributed by atoms with E-state index in [-0.39, 0.29) is 11.9 Å². The zero-order valence-corrected chi connectivity index (χ0v) is 10.5. The minimum Gasteiger partial charge on any atom is -0.371 e. The normalized spacial score (nSPS) is 12.8. The van der Waals surface area contributed by atoms with Crippen molar-refractivity contribution in [2.24, 2.45) is 0 Å². The summed E-state index contributed by atoms with van der Waals surface area (Å²) in [6.45, 7) is 9.01. The number of aryl methyl sites for hydroxylation is 2. The van der Waals surface area contributed by atoms with Crippen LogP contribution in [0, 0.1) is 6.92 Å². The number of Topliss-reactive ketones (excluding diaryl/α,β-unsaturated/α-hetero) is 1. The second kappa shape index (κ2) is 5.80. The molecule has 1 rings (SSSR count). The largest absolute Gasteiger partial charge is 0.371 e. The molecule has 0 aliphatic carbocycles. The summed E-state index contributed by atoms with van der Waals surface area (Å²) in [7, 11) is 0. The van der Waals surface area contributed by atoms with Gasteiger partial charge in [0.1, 0.15) is 6.10 Å². The number of aromatic nitrogens is 2. The molecule has 1 atom stereocenters. The summed E-state index contributed by atoms with van der Waals surface area (Å²) in [4.78, 5) is 11.8. The molecule has 1 heterocycles.